The van der Waals surface area contributed by atoms with Crippen molar-refractivity contribution < 1.29 is 33.7 Å². The van der Waals surface area contributed by atoms with Crippen molar-refractivity contribution in [2.24, 2.45) is 0 Å². The largest absolute Gasteiger partial charge is 0.481 e. The molecule has 33 heavy (non-hydrogen) atoms. The molecular weight excluding hydrogens is 428 g/mol. The number of hydrogen-bond acceptors (Lipinski definition) is 6. The fourth-order valence-corrected chi connectivity index (χ4v) is 4.06. The summed E-state index contributed by atoms with van der Waals surface area (Å²) in [5.41, 5.74) is 4.27. The second-order valence-electron chi connectivity index (χ2n) is 7.76. The predicted molar refractivity (Wildman–Crippen MR) is 120 cm³/mol. The summed E-state index contributed by atoms with van der Waals surface area (Å²) in [5, 5.41) is 14.1. The van der Waals surface area contributed by atoms with Crippen molar-refractivity contribution in [2.45, 2.75) is 37.6 Å². The van der Waals surface area contributed by atoms with Gasteiger partial charge in [0.25, 0.3) is 0 Å². The van der Waals surface area contributed by atoms with Gasteiger partial charge in [0.2, 0.25) is 5.91 Å². The number of fused-ring (bicyclic) bond motifs is 3. The number of carboxylic acids is 1. The molecular formula is C24H28N2O7. The highest BCUT2D eigenvalue weighted by Gasteiger charge is 2.31. The number of carbonyl (C=O) groups excluding carboxylic acids is 2. The van der Waals surface area contributed by atoms with Gasteiger partial charge in [-0.1, -0.05) is 48.5 Å². The zero-order chi connectivity index (χ0) is 24.0. The number of aliphatic carboxylic acids is 1. The molecule has 0 radical (unpaired) electrons. The zero-order valence-corrected chi connectivity index (χ0v) is 18.7. The summed E-state index contributed by atoms with van der Waals surface area (Å²) in [5.74, 6) is -2.08. The molecule has 0 heterocycles. The van der Waals surface area contributed by atoms with Crippen molar-refractivity contribution in [3.8, 4) is 11.1 Å². The number of nitrogens with one attached hydrogen (secondary N) is 2. The van der Waals surface area contributed by atoms with Crippen molar-refractivity contribution in [2.75, 3.05) is 20.8 Å². The molecule has 9 heteroatoms. The average Bonchev–Trinajstić information content (AvgIpc) is 3.11. The first-order chi connectivity index (χ1) is 15.8. The van der Waals surface area contributed by atoms with Crippen molar-refractivity contribution in [1.29, 1.82) is 0 Å². The van der Waals surface area contributed by atoms with Crippen LogP contribution in [0.3, 0.4) is 0 Å². The van der Waals surface area contributed by atoms with E-state index in [1.54, 1.807) is 6.92 Å². The molecule has 1 aliphatic carbocycles. The van der Waals surface area contributed by atoms with Crippen LogP contribution in [0.4, 0.5) is 4.79 Å². The van der Waals surface area contributed by atoms with E-state index < -0.39 is 42.8 Å². The first kappa shape index (κ1) is 24.2. The Kier molecular flexibility index (Phi) is 8.02. The average molecular weight is 456 g/mol. The summed E-state index contributed by atoms with van der Waals surface area (Å²) in [6, 6.07) is 13.9. The lowest BCUT2D eigenvalue weighted by Crippen LogP contribution is -2.53. The van der Waals surface area contributed by atoms with E-state index in [-0.39, 0.29) is 12.5 Å². The Balaban J connectivity index is 1.65. The molecule has 0 aliphatic heterocycles. The molecule has 3 rings (SSSR count). The van der Waals surface area contributed by atoms with Gasteiger partial charge in [-0.3, -0.25) is 9.59 Å². The molecule has 0 bridgehead atoms. The van der Waals surface area contributed by atoms with Crippen molar-refractivity contribution in [3.63, 3.8) is 0 Å². The van der Waals surface area contributed by atoms with Crippen LogP contribution in [0.1, 0.15) is 30.4 Å². The fourth-order valence-electron chi connectivity index (χ4n) is 4.06. The van der Waals surface area contributed by atoms with Gasteiger partial charge in [-0.25, -0.2) is 4.79 Å². The summed E-state index contributed by atoms with van der Waals surface area (Å²) in [7, 11) is 2.83. The second-order valence-corrected chi connectivity index (χ2v) is 7.76. The van der Waals surface area contributed by atoms with E-state index in [0.29, 0.717) is 0 Å². The number of carbonyl (C=O) groups is 3. The molecule has 0 saturated heterocycles. The van der Waals surface area contributed by atoms with Crippen LogP contribution in [-0.2, 0) is 23.8 Å². The van der Waals surface area contributed by atoms with Crippen LogP contribution >= 0.6 is 0 Å². The van der Waals surface area contributed by atoms with E-state index in [0.717, 1.165) is 22.3 Å². The number of ether oxygens (including phenoxy) is 3. The molecule has 9 nitrogen and oxygen atoms in total. The fraction of sp³-hybridized carbons (Fsp3) is 0.375. The molecule has 0 spiro atoms. The smallest absolute Gasteiger partial charge is 0.407 e. The highest BCUT2D eigenvalue weighted by atomic mass is 16.7. The van der Waals surface area contributed by atoms with Crippen LogP contribution in [0.15, 0.2) is 48.5 Å². The highest BCUT2D eigenvalue weighted by molar-refractivity contribution is 5.89. The van der Waals surface area contributed by atoms with Gasteiger partial charge in [-0.2, -0.15) is 0 Å². The maximum atomic E-state index is 12.6. The van der Waals surface area contributed by atoms with Gasteiger partial charge in [0.15, 0.2) is 6.29 Å². The van der Waals surface area contributed by atoms with Crippen molar-refractivity contribution in [1.82, 2.24) is 10.6 Å². The molecule has 2 aromatic carbocycles. The second kappa shape index (κ2) is 10.9. The van der Waals surface area contributed by atoms with Gasteiger partial charge in [-0.05, 0) is 29.2 Å². The maximum absolute atomic E-state index is 12.6. The number of rotatable bonds is 10. The van der Waals surface area contributed by atoms with Crippen LogP contribution in [0.2, 0.25) is 0 Å². The zero-order valence-electron chi connectivity index (χ0n) is 18.7. The van der Waals surface area contributed by atoms with Crippen LogP contribution in [0.25, 0.3) is 11.1 Å². The van der Waals surface area contributed by atoms with E-state index in [2.05, 4.69) is 10.6 Å². The molecule has 2 amide bonds. The summed E-state index contributed by atoms with van der Waals surface area (Å²) < 4.78 is 15.6. The summed E-state index contributed by atoms with van der Waals surface area (Å²) in [6.07, 6.45) is -2.21. The minimum absolute atomic E-state index is 0.0487. The Morgan fingerprint density at radius 3 is 2.00 bits per heavy atom. The lowest BCUT2D eigenvalue weighted by molar-refractivity contribution is -0.142. The van der Waals surface area contributed by atoms with E-state index in [4.69, 9.17) is 14.2 Å². The van der Waals surface area contributed by atoms with E-state index in [1.807, 2.05) is 48.5 Å². The molecule has 2 atom stereocenters. The van der Waals surface area contributed by atoms with Crippen molar-refractivity contribution >= 4 is 18.0 Å². The quantitative estimate of drug-likeness (QED) is 0.469. The molecule has 2 unspecified atom stereocenters. The van der Waals surface area contributed by atoms with Gasteiger partial charge in [0, 0.05) is 20.1 Å². The molecule has 3 N–H and O–H groups in total. The third-order valence-electron chi connectivity index (χ3n) is 5.57. The van der Waals surface area contributed by atoms with Gasteiger partial charge < -0.3 is 30.0 Å². The lowest BCUT2D eigenvalue weighted by Gasteiger charge is -2.25. The Morgan fingerprint density at radius 1 is 0.939 bits per heavy atom. The van der Waals surface area contributed by atoms with E-state index in [9.17, 15) is 19.5 Å². The number of amides is 2. The minimum atomic E-state index is -1.32. The Labute approximate surface area is 192 Å². The van der Waals surface area contributed by atoms with Crippen LogP contribution in [-0.4, -0.2) is 62.3 Å². The van der Waals surface area contributed by atoms with E-state index >= 15 is 0 Å². The first-order valence-electron chi connectivity index (χ1n) is 10.5. The molecule has 0 saturated carbocycles. The van der Waals surface area contributed by atoms with Gasteiger partial charge >= 0.3 is 12.1 Å². The summed E-state index contributed by atoms with van der Waals surface area (Å²) >= 11 is 0. The number of methoxy groups -OCH3 is 2. The van der Waals surface area contributed by atoms with Gasteiger partial charge in [0.05, 0.1) is 12.5 Å². The molecule has 0 aromatic heterocycles. The molecule has 176 valence electrons. The molecule has 1 aliphatic rings. The highest BCUT2D eigenvalue weighted by Crippen LogP contribution is 2.44. The predicted octanol–water partition coefficient (Wildman–Crippen LogP) is 2.49. The monoisotopic (exact) mass is 456 g/mol. The number of benzene rings is 2. The Morgan fingerprint density at radius 2 is 1.48 bits per heavy atom. The summed E-state index contributed by atoms with van der Waals surface area (Å²) in [6.45, 7) is 1.69. The number of carboxylic acid groups (broad SMARTS) is 1. The normalized spacial score (nSPS) is 14.2. The Bertz CT molecular complexity index is 960. The number of alkyl carbamates (subject to hydrolysis) is 1. The third-order valence-corrected chi connectivity index (χ3v) is 5.57. The van der Waals surface area contributed by atoms with Crippen LogP contribution in [0, 0.1) is 0 Å². The minimum Gasteiger partial charge on any atom is -0.481 e. The standard InChI is InChI=1S/C24H28N2O7/c1-14(23(31-2)32-3)25-22(29)20(12-21(27)28)26-24(30)33-13-19-17-10-6-4-8-15(17)16-9-5-7-11-18(16)19/h4-11,14,19-20,23H,12-13H2,1-3H3,(H,25,29)(H,26,30)(H,27,28). The molecule has 2 aromatic rings. The van der Waals surface area contributed by atoms with E-state index in [1.165, 1.54) is 14.2 Å². The third kappa shape index (κ3) is 5.68. The first-order valence-corrected chi connectivity index (χ1v) is 10.5. The van der Waals surface area contributed by atoms with Gasteiger partial charge in [0.1, 0.15) is 12.6 Å². The summed E-state index contributed by atoms with van der Waals surface area (Å²) in [4.78, 5) is 36.3. The Hall–Kier alpha value is -3.43. The number of hydrogen-bond donors (Lipinski definition) is 3. The topological polar surface area (TPSA) is 123 Å². The molecule has 0 fully saturated rings. The maximum Gasteiger partial charge on any atom is 0.407 e. The van der Waals surface area contributed by atoms with Gasteiger partial charge in [-0.15, -0.1) is 0 Å². The van der Waals surface area contributed by atoms with Crippen LogP contribution < -0.4 is 10.6 Å². The van der Waals surface area contributed by atoms with Crippen molar-refractivity contribution in [3.05, 3.63) is 59.7 Å². The van der Waals surface area contributed by atoms with Crippen LogP contribution in [0.5, 0.6) is 0 Å². The lowest BCUT2D eigenvalue weighted by atomic mass is 9.98. The SMILES string of the molecule is COC(OC)C(C)NC(=O)C(CC(=O)O)NC(=O)OCC1c2ccccc2-c2ccccc21.